The number of rotatable bonds is 6. The van der Waals surface area contributed by atoms with Crippen molar-refractivity contribution in [3.8, 4) is 5.75 Å². The highest BCUT2D eigenvalue weighted by atomic mass is 32.2. The third-order valence-corrected chi connectivity index (χ3v) is 3.45. The summed E-state index contributed by atoms with van der Waals surface area (Å²) in [5, 5.41) is 8.98. The lowest BCUT2D eigenvalue weighted by Crippen LogP contribution is -2.01. The number of ether oxygens (including phenoxy) is 1. The van der Waals surface area contributed by atoms with Crippen LogP contribution in [0, 0.1) is 5.82 Å². The van der Waals surface area contributed by atoms with Crippen molar-refractivity contribution in [2.24, 2.45) is 0 Å². The maximum absolute atomic E-state index is 13.2. The maximum atomic E-state index is 13.2. The summed E-state index contributed by atoms with van der Waals surface area (Å²) in [6.07, 6.45) is 0. The van der Waals surface area contributed by atoms with Gasteiger partial charge in [0.15, 0.2) is 0 Å². The van der Waals surface area contributed by atoms with E-state index >= 15 is 0 Å². The molecule has 0 radical (unpaired) electrons. The molecular weight excluding hydrogens is 263 g/mol. The first kappa shape index (κ1) is 13.9. The highest BCUT2D eigenvalue weighted by Crippen LogP contribution is 2.19. The molecule has 0 aliphatic rings. The Balaban J connectivity index is 1.81. The van der Waals surface area contributed by atoms with Crippen molar-refractivity contribution >= 4 is 11.8 Å². The van der Waals surface area contributed by atoms with Crippen LogP contribution in [0.2, 0.25) is 0 Å². The summed E-state index contributed by atoms with van der Waals surface area (Å²) in [6.45, 7) is 0.306. The standard InChI is InChI=1S/C15H15FO2S/c16-13-8-12(11-17)9-14(10-13)18-6-7-19-15-4-2-1-3-5-15/h1-5,8-10,17H,6-7,11H2. The van der Waals surface area contributed by atoms with Crippen LogP contribution < -0.4 is 4.74 Å². The van der Waals surface area contributed by atoms with E-state index in [1.807, 2.05) is 30.3 Å². The molecule has 0 fully saturated rings. The van der Waals surface area contributed by atoms with Gasteiger partial charge in [-0.2, -0.15) is 0 Å². The monoisotopic (exact) mass is 278 g/mol. The van der Waals surface area contributed by atoms with E-state index in [-0.39, 0.29) is 6.61 Å². The Labute approximate surface area is 116 Å². The lowest BCUT2D eigenvalue weighted by atomic mass is 10.2. The molecular formula is C15H15FO2S. The van der Waals surface area contributed by atoms with Crippen molar-refractivity contribution < 1.29 is 14.2 Å². The van der Waals surface area contributed by atoms with E-state index in [0.717, 1.165) is 5.75 Å². The highest BCUT2D eigenvalue weighted by Gasteiger charge is 2.01. The average molecular weight is 278 g/mol. The molecule has 0 heterocycles. The normalized spacial score (nSPS) is 10.4. The largest absolute Gasteiger partial charge is 0.493 e. The van der Waals surface area contributed by atoms with Gasteiger partial charge in [0.2, 0.25) is 0 Å². The molecule has 1 N–H and O–H groups in total. The van der Waals surface area contributed by atoms with Crippen LogP contribution in [0.25, 0.3) is 0 Å². The Morgan fingerprint density at radius 1 is 1.11 bits per heavy atom. The van der Waals surface area contributed by atoms with Crippen molar-refractivity contribution in [2.45, 2.75) is 11.5 Å². The van der Waals surface area contributed by atoms with Gasteiger partial charge in [-0.05, 0) is 29.8 Å². The SMILES string of the molecule is OCc1cc(F)cc(OCCSc2ccccc2)c1. The maximum Gasteiger partial charge on any atom is 0.127 e. The molecule has 0 saturated carbocycles. The molecule has 100 valence electrons. The van der Waals surface area contributed by atoms with Crippen LogP contribution in [0.15, 0.2) is 53.4 Å². The minimum Gasteiger partial charge on any atom is -0.493 e. The Bertz CT molecular complexity index is 517. The van der Waals surface area contributed by atoms with Gasteiger partial charge >= 0.3 is 0 Å². The number of hydrogen-bond acceptors (Lipinski definition) is 3. The van der Waals surface area contributed by atoms with Crippen molar-refractivity contribution in [1.29, 1.82) is 0 Å². The Morgan fingerprint density at radius 3 is 2.63 bits per heavy atom. The Morgan fingerprint density at radius 2 is 1.89 bits per heavy atom. The molecule has 0 amide bonds. The summed E-state index contributed by atoms with van der Waals surface area (Å²) in [5.74, 6) is 0.851. The van der Waals surface area contributed by atoms with Gasteiger partial charge in [-0.15, -0.1) is 11.8 Å². The zero-order valence-corrected chi connectivity index (χ0v) is 11.2. The molecule has 0 bridgehead atoms. The second-order valence-corrected chi connectivity index (χ2v) is 5.13. The quantitative estimate of drug-likeness (QED) is 0.648. The predicted molar refractivity (Wildman–Crippen MR) is 75.0 cm³/mol. The van der Waals surface area contributed by atoms with Crippen LogP contribution in [0.4, 0.5) is 4.39 Å². The minimum atomic E-state index is -0.391. The molecule has 2 aromatic carbocycles. The zero-order chi connectivity index (χ0) is 13.5. The van der Waals surface area contributed by atoms with E-state index in [9.17, 15) is 4.39 Å². The van der Waals surface area contributed by atoms with Gasteiger partial charge < -0.3 is 9.84 Å². The molecule has 0 spiro atoms. The Hall–Kier alpha value is -1.52. The summed E-state index contributed by atoms with van der Waals surface area (Å²) in [4.78, 5) is 1.18. The van der Waals surface area contributed by atoms with E-state index < -0.39 is 5.82 Å². The topological polar surface area (TPSA) is 29.5 Å². The van der Waals surface area contributed by atoms with Crippen molar-refractivity contribution in [2.75, 3.05) is 12.4 Å². The molecule has 0 saturated heterocycles. The predicted octanol–water partition coefficient (Wildman–Crippen LogP) is 3.49. The molecule has 2 nitrogen and oxygen atoms in total. The van der Waals surface area contributed by atoms with Crippen LogP contribution in [-0.4, -0.2) is 17.5 Å². The molecule has 2 rings (SSSR count). The third-order valence-electron chi connectivity index (χ3n) is 2.48. The van der Waals surface area contributed by atoms with Crippen molar-refractivity contribution in [3.05, 3.63) is 59.9 Å². The first-order chi connectivity index (χ1) is 9.28. The minimum absolute atomic E-state index is 0.188. The van der Waals surface area contributed by atoms with Gasteiger partial charge in [-0.3, -0.25) is 0 Å². The molecule has 0 atom stereocenters. The molecule has 0 aliphatic heterocycles. The van der Waals surface area contributed by atoms with Gasteiger partial charge in [-0.1, -0.05) is 18.2 Å². The number of aliphatic hydroxyl groups excluding tert-OH is 1. The lowest BCUT2D eigenvalue weighted by molar-refractivity contribution is 0.279. The summed E-state index contributed by atoms with van der Waals surface area (Å²) in [5.41, 5.74) is 0.519. The average Bonchev–Trinajstić information content (AvgIpc) is 2.44. The first-order valence-corrected chi connectivity index (χ1v) is 6.97. The molecule has 2 aromatic rings. The van der Waals surface area contributed by atoms with Crippen LogP contribution in [0.5, 0.6) is 5.75 Å². The second kappa shape index (κ2) is 7.16. The van der Waals surface area contributed by atoms with Crippen LogP contribution in [-0.2, 0) is 6.61 Å². The van der Waals surface area contributed by atoms with E-state index in [4.69, 9.17) is 9.84 Å². The fourth-order valence-electron chi connectivity index (χ4n) is 1.63. The lowest BCUT2D eigenvalue weighted by Gasteiger charge is -2.07. The number of hydrogen-bond donors (Lipinski definition) is 1. The van der Waals surface area contributed by atoms with E-state index in [1.165, 1.54) is 17.0 Å². The fourth-order valence-corrected chi connectivity index (χ4v) is 2.38. The van der Waals surface area contributed by atoms with Gasteiger partial charge in [0.25, 0.3) is 0 Å². The number of thioether (sulfide) groups is 1. The summed E-state index contributed by atoms with van der Waals surface area (Å²) < 4.78 is 18.7. The molecule has 0 unspecified atom stereocenters. The number of halogens is 1. The van der Waals surface area contributed by atoms with E-state index in [0.29, 0.717) is 17.9 Å². The third kappa shape index (κ3) is 4.58. The van der Waals surface area contributed by atoms with Crippen LogP contribution >= 0.6 is 11.8 Å². The Kier molecular flexibility index (Phi) is 5.24. The van der Waals surface area contributed by atoms with Crippen LogP contribution in [0.3, 0.4) is 0 Å². The van der Waals surface area contributed by atoms with Gasteiger partial charge in [-0.25, -0.2) is 4.39 Å². The summed E-state index contributed by atoms with van der Waals surface area (Å²) in [7, 11) is 0. The summed E-state index contributed by atoms with van der Waals surface area (Å²) in [6, 6.07) is 14.3. The first-order valence-electron chi connectivity index (χ1n) is 5.99. The number of benzene rings is 2. The van der Waals surface area contributed by atoms with Gasteiger partial charge in [0.05, 0.1) is 13.2 Å². The number of aliphatic hydroxyl groups is 1. The highest BCUT2D eigenvalue weighted by molar-refractivity contribution is 7.99. The molecule has 19 heavy (non-hydrogen) atoms. The molecule has 4 heteroatoms. The fraction of sp³-hybridized carbons (Fsp3) is 0.200. The molecule has 0 aliphatic carbocycles. The zero-order valence-electron chi connectivity index (χ0n) is 10.4. The molecule has 0 aromatic heterocycles. The smallest absolute Gasteiger partial charge is 0.127 e. The van der Waals surface area contributed by atoms with Gasteiger partial charge in [0, 0.05) is 16.7 Å². The van der Waals surface area contributed by atoms with Gasteiger partial charge in [0.1, 0.15) is 11.6 Å². The van der Waals surface area contributed by atoms with E-state index in [2.05, 4.69) is 0 Å². The van der Waals surface area contributed by atoms with Crippen molar-refractivity contribution in [3.63, 3.8) is 0 Å². The van der Waals surface area contributed by atoms with E-state index in [1.54, 1.807) is 17.8 Å². The van der Waals surface area contributed by atoms with Crippen LogP contribution in [0.1, 0.15) is 5.56 Å². The second-order valence-electron chi connectivity index (χ2n) is 3.96. The summed E-state index contributed by atoms with van der Waals surface area (Å²) >= 11 is 1.69. The van der Waals surface area contributed by atoms with Crippen molar-refractivity contribution in [1.82, 2.24) is 0 Å².